The minimum absolute atomic E-state index is 0.0113. The Morgan fingerprint density at radius 2 is 1.52 bits per heavy atom. The highest BCUT2D eigenvalue weighted by atomic mass is 32.2. The van der Waals surface area contributed by atoms with Crippen molar-refractivity contribution in [1.82, 2.24) is 5.32 Å². The largest absolute Gasteiger partial charge is 0.467 e. The number of carbonyl (C=O) groups is 2. The Morgan fingerprint density at radius 3 is 2.18 bits per heavy atom. The summed E-state index contributed by atoms with van der Waals surface area (Å²) in [6.45, 7) is -0.0113. The highest BCUT2D eigenvalue weighted by Gasteiger charge is 2.32. The molecule has 2 amide bonds. The molecule has 1 heterocycles. The van der Waals surface area contributed by atoms with Crippen LogP contribution in [0.15, 0.2) is 114 Å². The van der Waals surface area contributed by atoms with Crippen molar-refractivity contribution in [1.29, 1.82) is 0 Å². The Kier molecular flexibility index (Phi) is 11.0. The third-order valence-corrected chi connectivity index (χ3v) is 8.45. The lowest BCUT2D eigenvalue weighted by Gasteiger charge is -2.36. The first kappa shape index (κ1) is 31.3. The molecule has 1 aliphatic heterocycles. The summed E-state index contributed by atoms with van der Waals surface area (Å²) in [5.74, 6) is 0.241. The first-order valence-corrected chi connectivity index (χ1v) is 15.5. The molecule has 228 valence electrons. The zero-order valence-corrected chi connectivity index (χ0v) is 25.2. The van der Waals surface area contributed by atoms with Crippen LogP contribution in [-0.4, -0.2) is 42.1 Å². The molecular weight excluding hydrogens is 576 g/mol. The lowest BCUT2D eigenvalue weighted by atomic mass is 10.0. The molecule has 0 spiro atoms. The number of rotatable bonds is 11. The quantitative estimate of drug-likeness (QED) is 0.133. The van der Waals surface area contributed by atoms with Gasteiger partial charge in [-0.25, -0.2) is 9.59 Å². The molecule has 0 aliphatic carbocycles. The van der Waals surface area contributed by atoms with E-state index in [1.54, 1.807) is 23.9 Å². The number of carbonyl (C=O) groups excluding carboxylic acids is 2. The van der Waals surface area contributed by atoms with Crippen molar-refractivity contribution in [2.24, 2.45) is 0 Å². The lowest BCUT2D eigenvalue weighted by molar-refractivity contribution is -0.245. The Balaban J connectivity index is 1.25. The second-order valence-electron chi connectivity index (χ2n) is 10.5. The van der Waals surface area contributed by atoms with Crippen LogP contribution in [0.5, 0.6) is 0 Å². The van der Waals surface area contributed by atoms with Gasteiger partial charge < -0.3 is 30.0 Å². The summed E-state index contributed by atoms with van der Waals surface area (Å²) in [6.07, 6.45) is 0.143. The number of thioether (sulfide) groups is 1. The molecule has 1 aliphatic rings. The van der Waals surface area contributed by atoms with Crippen molar-refractivity contribution in [2.45, 2.75) is 48.9 Å². The van der Waals surface area contributed by atoms with E-state index < -0.39 is 24.3 Å². The number of aliphatic hydroxyl groups excluding tert-OH is 1. The van der Waals surface area contributed by atoms with Crippen LogP contribution in [0.2, 0.25) is 0 Å². The topological polar surface area (TPSA) is 106 Å². The number of urea groups is 1. The number of anilines is 1. The van der Waals surface area contributed by atoms with Gasteiger partial charge in [0.1, 0.15) is 6.04 Å². The van der Waals surface area contributed by atoms with E-state index >= 15 is 0 Å². The van der Waals surface area contributed by atoms with Crippen molar-refractivity contribution in [2.75, 3.05) is 18.2 Å². The van der Waals surface area contributed by atoms with Gasteiger partial charge in [0, 0.05) is 34.7 Å². The zero-order chi connectivity index (χ0) is 30.7. The van der Waals surface area contributed by atoms with E-state index in [1.165, 1.54) is 12.0 Å². The summed E-state index contributed by atoms with van der Waals surface area (Å²) in [7, 11) is 1.30. The highest BCUT2D eigenvalue weighted by Crippen LogP contribution is 2.39. The maximum atomic E-state index is 12.8. The number of amides is 2. The standard InChI is InChI=1S/C35H36N2O6S/c1-41-33(39)31(20-24-8-4-2-5-9-24)37-35(40)36-28-18-16-27(17-19-28)34-42-29(23-44-30-10-6-3-7-11-30)21-32(43-34)26-14-12-25(22-38)13-15-26/h2-19,29,31-32,34,38H,20-23H2,1H3,(H2,36,37,40)/t29-,31-,32+,34+/m0/s1. The van der Waals surface area contributed by atoms with Gasteiger partial charge in [-0.3, -0.25) is 0 Å². The number of aliphatic hydroxyl groups is 1. The van der Waals surface area contributed by atoms with Gasteiger partial charge in [0.2, 0.25) is 0 Å². The summed E-state index contributed by atoms with van der Waals surface area (Å²) in [5.41, 5.74) is 4.15. The van der Waals surface area contributed by atoms with Crippen molar-refractivity contribution < 1.29 is 28.9 Å². The molecule has 5 rings (SSSR count). The minimum atomic E-state index is -0.834. The molecule has 4 aromatic rings. The molecule has 0 unspecified atom stereocenters. The van der Waals surface area contributed by atoms with Gasteiger partial charge in [0.15, 0.2) is 6.29 Å². The number of methoxy groups -OCH3 is 1. The van der Waals surface area contributed by atoms with Crippen LogP contribution in [0.4, 0.5) is 10.5 Å². The Labute approximate surface area is 261 Å². The van der Waals surface area contributed by atoms with Crippen LogP contribution in [0, 0.1) is 0 Å². The monoisotopic (exact) mass is 612 g/mol. The average molecular weight is 613 g/mol. The van der Waals surface area contributed by atoms with Crippen molar-refractivity contribution in [3.05, 3.63) is 131 Å². The third-order valence-electron chi connectivity index (χ3n) is 7.31. The fraction of sp³-hybridized carbons (Fsp3) is 0.257. The lowest BCUT2D eigenvalue weighted by Crippen LogP contribution is -2.45. The Hall–Kier alpha value is -4.15. The van der Waals surface area contributed by atoms with Gasteiger partial charge in [-0.15, -0.1) is 11.8 Å². The first-order chi connectivity index (χ1) is 21.5. The molecule has 0 radical (unpaired) electrons. The minimum Gasteiger partial charge on any atom is -0.467 e. The van der Waals surface area contributed by atoms with E-state index in [0.29, 0.717) is 18.5 Å². The van der Waals surface area contributed by atoms with Gasteiger partial charge in [0.05, 0.1) is 25.9 Å². The van der Waals surface area contributed by atoms with E-state index in [-0.39, 0.29) is 18.8 Å². The van der Waals surface area contributed by atoms with Crippen molar-refractivity contribution >= 4 is 29.4 Å². The van der Waals surface area contributed by atoms with E-state index in [2.05, 4.69) is 22.8 Å². The van der Waals surface area contributed by atoms with Crippen molar-refractivity contribution in [3.8, 4) is 0 Å². The van der Waals surface area contributed by atoms with E-state index in [9.17, 15) is 14.7 Å². The van der Waals surface area contributed by atoms with Crippen LogP contribution in [0.1, 0.15) is 41.1 Å². The summed E-state index contributed by atoms with van der Waals surface area (Å²) in [6, 6.07) is 33.4. The SMILES string of the molecule is COC(=O)[C@H](Cc1ccccc1)NC(=O)Nc1ccc([C@@H]2O[C@H](CSc3ccccc3)C[C@H](c3ccc(CO)cc3)O2)cc1. The number of esters is 1. The van der Waals surface area contributed by atoms with Crippen LogP contribution in [0.3, 0.4) is 0 Å². The van der Waals surface area contributed by atoms with Gasteiger partial charge in [0.25, 0.3) is 0 Å². The molecule has 1 saturated heterocycles. The summed E-state index contributed by atoms with van der Waals surface area (Å²) < 4.78 is 17.8. The number of hydrogen-bond donors (Lipinski definition) is 3. The molecule has 1 fully saturated rings. The third kappa shape index (κ3) is 8.70. The molecular formula is C35H36N2O6S. The predicted octanol–water partition coefficient (Wildman–Crippen LogP) is 6.42. The average Bonchev–Trinajstić information content (AvgIpc) is 3.08. The van der Waals surface area contributed by atoms with Gasteiger partial charge >= 0.3 is 12.0 Å². The van der Waals surface area contributed by atoms with Gasteiger partial charge in [-0.1, -0.05) is 84.9 Å². The Bertz CT molecular complexity index is 1490. The summed E-state index contributed by atoms with van der Waals surface area (Å²) >= 11 is 1.74. The zero-order valence-electron chi connectivity index (χ0n) is 24.4. The molecule has 0 bridgehead atoms. The highest BCUT2D eigenvalue weighted by molar-refractivity contribution is 7.99. The maximum absolute atomic E-state index is 12.8. The predicted molar refractivity (Wildman–Crippen MR) is 170 cm³/mol. The van der Waals surface area contributed by atoms with E-state index in [0.717, 1.165) is 28.0 Å². The van der Waals surface area contributed by atoms with Crippen LogP contribution < -0.4 is 10.6 Å². The van der Waals surface area contributed by atoms with Gasteiger partial charge in [-0.2, -0.15) is 0 Å². The van der Waals surface area contributed by atoms with E-state index in [1.807, 2.05) is 84.9 Å². The number of nitrogens with one attached hydrogen (secondary N) is 2. The van der Waals surface area contributed by atoms with Crippen molar-refractivity contribution in [3.63, 3.8) is 0 Å². The molecule has 4 atom stereocenters. The molecule has 9 heteroatoms. The fourth-order valence-electron chi connectivity index (χ4n) is 4.96. The smallest absolute Gasteiger partial charge is 0.328 e. The van der Waals surface area contributed by atoms with Crippen LogP contribution in [-0.2, 0) is 32.0 Å². The molecule has 4 aromatic carbocycles. The van der Waals surface area contributed by atoms with E-state index in [4.69, 9.17) is 14.2 Å². The second kappa shape index (κ2) is 15.5. The number of hydrogen-bond acceptors (Lipinski definition) is 7. The van der Waals surface area contributed by atoms with Gasteiger partial charge in [-0.05, 0) is 41.0 Å². The van der Waals surface area contributed by atoms with Crippen LogP contribution in [0.25, 0.3) is 0 Å². The molecule has 0 aromatic heterocycles. The summed E-state index contributed by atoms with van der Waals surface area (Å²) in [4.78, 5) is 26.3. The second-order valence-corrected chi connectivity index (χ2v) is 11.6. The molecule has 0 saturated carbocycles. The maximum Gasteiger partial charge on any atom is 0.328 e. The summed E-state index contributed by atoms with van der Waals surface area (Å²) in [5, 5.41) is 15.0. The number of ether oxygens (including phenoxy) is 3. The molecule has 8 nitrogen and oxygen atoms in total. The number of benzene rings is 4. The normalized spacial score (nSPS) is 18.6. The first-order valence-electron chi connectivity index (χ1n) is 14.5. The fourth-order valence-corrected chi connectivity index (χ4v) is 5.91. The molecule has 3 N–H and O–H groups in total. The van der Waals surface area contributed by atoms with Crippen LogP contribution >= 0.6 is 11.8 Å². The molecule has 44 heavy (non-hydrogen) atoms. The Morgan fingerprint density at radius 1 is 0.864 bits per heavy atom.